The zero-order chi connectivity index (χ0) is 12.6. The van der Waals surface area contributed by atoms with Crippen LogP contribution in [0, 0.1) is 0 Å². The summed E-state index contributed by atoms with van der Waals surface area (Å²) in [5.74, 6) is -0.367. The highest BCUT2D eigenvalue weighted by molar-refractivity contribution is 7.89. The Kier molecular flexibility index (Phi) is 7.33. The molecule has 0 radical (unpaired) electrons. The summed E-state index contributed by atoms with van der Waals surface area (Å²) >= 11 is 0. The van der Waals surface area contributed by atoms with Gasteiger partial charge in [-0.25, -0.2) is 12.7 Å². The molecule has 0 spiro atoms. The SMILES string of the molecule is CCCCN(C)S(=O)(=O)CCCC(=O)OC. The van der Waals surface area contributed by atoms with Gasteiger partial charge in [-0.3, -0.25) is 4.79 Å². The first-order chi connectivity index (χ1) is 7.44. The van der Waals surface area contributed by atoms with Crippen LogP contribution >= 0.6 is 0 Å². The van der Waals surface area contributed by atoms with E-state index in [0.717, 1.165) is 12.8 Å². The Hall–Kier alpha value is -0.620. The molecule has 0 aliphatic rings. The quantitative estimate of drug-likeness (QED) is 0.604. The Labute approximate surface area is 97.8 Å². The number of methoxy groups -OCH3 is 1. The van der Waals surface area contributed by atoms with Gasteiger partial charge in [0.1, 0.15) is 0 Å². The molecule has 0 unspecified atom stereocenters. The summed E-state index contributed by atoms with van der Waals surface area (Å²) in [6, 6.07) is 0. The second-order valence-electron chi connectivity index (χ2n) is 3.67. The van der Waals surface area contributed by atoms with Gasteiger partial charge in [0.15, 0.2) is 0 Å². The average Bonchev–Trinajstić information content (AvgIpc) is 2.25. The van der Waals surface area contributed by atoms with Gasteiger partial charge >= 0.3 is 5.97 Å². The predicted molar refractivity (Wildman–Crippen MR) is 62.6 cm³/mol. The summed E-state index contributed by atoms with van der Waals surface area (Å²) in [7, 11) is -0.342. The summed E-state index contributed by atoms with van der Waals surface area (Å²) in [4.78, 5) is 10.8. The molecule has 0 aliphatic heterocycles. The summed E-state index contributed by atoms with van der Waals surface area (Å²) in [5, 5.41) is 0. The molecule has 0 aliphatic carbocycles. The van der Waals surface area contributed by atoms with Crippen LogP contribution in [0.5, 0.6) is 0 Å². The van der Waals surface area contributed by atoms with Crippen molar-refractivity contribution in [3.63, 3.8) is 0 Å². The first-order valence-corrected chi connectivity index (χ1v) is 7.05. The van der Waals surface area contributed by atoms with E-state index < -0.39 is 10.0 Å². The largest absolute Gasteiger partial charge is 0.469 e. The third kappa shape index (κ3) is 6.07. The van der Waals surface area contributed by atoms with Crippen molar-refractivity contribution in [2.24, 2.45) is 0 Å². The van der Waals surface area contributed by atoms with Crippen LogP contribution < -0.4 is 0 Å². The topological polar surface area (TPSA) is 63.7 Å². The van der Waals surface area contributed by atoms with Crippen molar-refractivity contribution in [1.29, 1.82) is 0 Å². The van der Waals surface area contributed by atoms with Gasteiger partial charge in [0.2, 0.25) is 10.0 Å². The number of unbranched alkanes of at least 4 members (excludes halogenated alkanes) is 1. The second kappa shape index (κ2) is 7.62. The molecule has 0 atom stereocenters. The molecule has 0 aromatic carbocycles. The number of hydrogen-bond acceptors (Lipinski definition) is 4. The highest BCUT2D eigenvalue weighted by Crippen LogP contribution is 2.04. The Balaban J connectivity index is 3.99. The maximum atomic E-state index is 11.7. The molecule has 0 N–H and O–H groups in total. The molecule has 0 saturated carbocycles. The maximum absolute atomic E-state index is 11.7. The zero-order valence-corrected chi connectivity index (χ0v) is 11.0. The monoisotopic (exact) mass is 251 g/mol. The highest BCUT2D eigenvalue weighted by Gasteiger charge is 2.17. The standard InChI is InChI=1S/C10H21NO4S/c1-4-5-8-11(2)16(13,14)9-6-7-10(12)15-3/h4-9H2,1-3H3. The van der Waals surface area contributed by atoms with Crippen molar-refractivity contribution >= 4 is 16.0 Å². The number of ether oxygens (including phenoxy) is 1. The Morgan fingerprint density at radius 2 is 1.94 bits per heavy atom. The van der Waals surface area contributed by atoms with Crippen LogP contribution in [-0.2, 0) is 19.6 Å². The number of rotatable bonds is 8. The van der Waals surface area contributed by atoms with Crippen molar-refractivity contribution < 1.29 is 17.9 Å². The molecule has 0 bridgehead atoms. The number of carbonyl (C=O) groups excluding carboxylic acids is 1. The highest BCUT2D eigenvalue weighted by atomic mass is 32.2. The van der Waals surface area contributed by atoms with Gasteiger partial charge < -0.3 is 4.74 Å². The maximum Gasteiger partial charge on any atom is 0.305 e. The minimum atomic E-state index is -3.21. The normalized spacial score (nSPS) is 11.8. The van der Waals surface area contributed by atoms with Gasteiger partial charge in [-0.15, -0.1) is 0 Å². The predicted octanol–water partition coefficient (Wildman–Crippen LogP) is 1.00. The lowest BCUT2D eigenvalue weighted by atomic mass is 10.3. The molecule has 96 valence electrons. The molecule has 16 heavy (non-hydrogen) atoms. The summed E-state index contributed by atoms with van der Waals surface area (Å²) < 4.78 is 29.2. The number of esters is 1. The number of carbonyl (C=O) groups is 1. The lowest BCUT2D eigenvalue weighted by molar-refractivity contribution is -0.140. The molecule has 0 rings (SSSR count). The van der Waals surface area contributed by atoms with Crippen LogP contribution in [0.15, 0.2) is 0 Å². The molecule has 0 fully saturated rings. The van der Waals surface area contributed by atoms with E-state index in [1.807, 2.05) is 6.92 Å². The molecular formula is C10H21NO4S. The third-order valence-corrected chi connectivity index (χ3v) is 4.25. The minimum Gasteiger partial charge on any atom is -0.469 e. The second-order valence-corrected chi connectivity index (χ2v) is 5.87. The van der Waals surface area contributed by atoms with Gasteiger partial charge in [0.05, 0.1) is 12.9 Å². The Bertz CT molecular complexity index is 300. The van der Waals surface area contributed by atoms with Crippen molar-refractivity contribution in [3.8, 4) is 0 Å². The lowest BCUT2D eigenvalue weighted by Gasteiger charge is -2.16. The average molecular weight is 251 g/mol. The van der Waals surface area contributed by atoms with Crippen LogP contribution in [0.1, 0.15) is 32.6 Å². The van der Waals surface area contributed by atoms with Gasteiger partial charge in [-0.1, -0.05) is 13.3 Å². The fourth-order valence-corrected chi connectivity index (χ4v) is 2.40. The van der Waals surface area contributed by atoms with Crippen molar-refractivity contribution in [1.82, 2.24) is 4.31 Å². The van der Waals surface area contributed by atoms with Gasteiger partial charge in [-0.05, 0) is 12.8 Å². The Morgan fingerprint density at radius 1 is 1.31 bits per heavy atom. The zero-order valence-electron chi connectivity index (χ0n) is 10.2. The van der Waals surface area contributed by atoms with Gasteiger partial charge in [-0.2, -0.15) is 0 Å². The molecule has 0 aromatic heterocycles. The minimum absolute atomic E-state index is 0.00230. The van der Waals surface area contributed by atoms with E-state index in [-0.39, 0.29) is 18.1 Å². The first kappa shape index (κ1) is 15.4. The number of hydrogen-bond donors (Lipinski definition) is 0. The van der Waals surface area contributed by atoms with Crippen LogP contribution in [-0.4, -0.2) is 45.1 Å². The summed E-state index contributed by atoms with van der Waals surface area (Å²) in [6.07, 6.45) is 2.28. The van der Waals surface area contributed by atoms with E-state index in [0.29, 0.717) is 13.0 Å². The molecule has 0 aromatic rings. The van der Waals surface area contributed by atoms with Crippen molar-refractivity contribution in [3.05, 3.63) is 0 Å². The van der Waals surface area contributed by atoms with E-state index >= 15 is 0 Å². The van der Waals surface area contributed by atoms with Crippen LogP contribution in [0.3, 0.4) is 0 Å². The summed E-state index contributed by atoms with van der Waals surface area (Å²) in [5.41, 5.74) is 0. The van der Waals surface area contributed by atoms with Crippen LogP contribution in [0.2, 0.25) is 0 Å². The van der Waals surface area contributed by atoms with Crippen molar-refractivity contribution in [2.45, 2.75) is 32.6 Å². The summed E-state index contributed by atoms with van der Waals surface area (Å²) in [6.45, 7) is 2.55. The molecule has 0 heterocycles. The molecule has 5 nitrogen and oxygen atoms in total. The van der Waals surface area contributed by atoms with E-state index in [9.17, 15) is 13.2 Å². The number of sulfonamides is 1. The van der Waals surface area contributed by atoms with Gasteiger partial charge in [0.25, 0.3) is 0 Å². The fraction of sp³-hybridized carbons (Fsp3) is 0.900. The van der Waals surface area contributed by atoms with Crippen molar-refractivity contribution in [2.75, 3.05) is 26.5 Å². The number of nitrogens with zero attached hydrogens (tertiary/aromatic N) is 1. The van der Waals surface area contributed by atoms with E-state index in [2.05, 4.69) is 4.74 Å². The van der Waals surface area contributed by atoms with E-state index in [1.54, 1.807) is 7.05 Å². The fourth-order valence-electron chi connectivity index (χ4n) is 1.18. The van der Waals surface area contributed by atoms with Gasteiger partial charge in [0, 0.05) is 20.0 Å². The van der Waals surface area contributed by atoms with Crippen LogP contribution in [0.25, 0.3) is 0 Å². The van der Waals surface area contributed by atoms with E-state index in [4.69, 9.17) is 0 Å². The lowest BCUT2D eigenvalue weighted by Crippen LogP contribution is -2.30. The van der Waals surface area contributed by atoms with E-state index in [1.165, 1.54) is 11.4 Å². The molecular weight excluding hydrogens is 230 g/mol. The van der Waals surface area contributed by atoms with Crippen LogP contribution in [0.4, 0.5) is 0 Å². The molecule has 6 heteroatoms. The molecule has 0 saturated heterocycles. The third-order valence-electron chi connectivity index (χ3n) is 2.31. The molecule has 0 amide bonds. The smallest absolute Gasteiger partial charge is 0.305 e. The first-order valence-electron chi connectivity index (χ1n) is 5.45. The Morgan fingerprint density at radius 3 is 2.44 bits per heavy atom.